The van der Waals surface area contributed by atoms with Crippen molar-refractivity contribution in [1.29, 1.82) is 0 Å². The minimum absolute atomic E-state index is 0.489. The van der Waals surface area contributed by atoms with E-state index in [0.717, 1.165) is 0 Å². The van der Waals surface area contributed by atoms with E-state index in [1.165, 1.54) is 6.42 Å². The molecule has 2 aliphatic rings. The predicted molar refractivity (Wildman–Crippen MR) is 85.8 cm³/mol. The van der Waals surface area contributed by atoms with Gasteiger partial charge in [-0.25, -0.2) is 0 Å². The van der Waals surface area contributed by atoms with Crippen LogP contribution in [0.5, 0.6) is 0 Å². The second kappa shape index (κ2) is 6.02. The second-order valence-corrected chi connectivity index (χ2v) is 39.6. The molecule has 0 aromatic carbocycles. The zero-order chi connectivity index (χ0) is 14.2. The van der Waals surface area contributed by atoms with Crippen LogP contribution in [0.25, 0.3) is 0 Å². The fourth-order valence-electron chi connectivity index (χ4n) is 3.43. The normalized spacial score (nSPS) is 26.0. The van der Waals surface area contributed by atoms with Crippen molar-refractivity contribution in [1.82, 2.24) is 0 Å². The van der Waals surface area contributed by atoms with Gasteiger partial charge in [-0.1, -0.05) is 0 Å². The molecule has 0 aliphatic heterocycles. The molecule has 0 bridgehead atoms. The fourth-order valence-corrected chi connectivity index (χ4v) is 44.0. The molecule has 0 aromatic heterocycles. The Morgan fingerprint density at radius 3 is 2.42 bits per heavy atom. The molecule has 0 heterocycles. The summed E-state index contributed by atoms with van der Waals surface area (Å²) in [6.07, 6.45) is 13.6. The van der Waals surface area contributed by atoms with E-state index in [9.17, 15) is 0 Å². The second-order valence-electron chi connectivity index (χ2n) is 6.71. The fraction of sp³-hybridized carbons (Fsp3) is 0.529. The van der Waals surface area contributed by atoms with E-state index in [2.05, 4.69) is 69.6 Å². The molecule has 19 heavy (non-hydrogen) atoms. The molecule has 103 valence electrons. The summed E-state index contributed by atoms with van der Waals surface area (Å²) in [7, 11) is -1.05. The number of allylic oxidation sites excluding steroid dienone is 8. The summed E-state index contributed by atoms with van der Waals surface area (Å²) in [4.78, 5) is 0. The first-order valence-electron chi connectivity index (χ1n) is 7.51. The summed E-state index contributed by atoms with van der Waals surface area (Å²) >= 11 is -1.50. The Morgan fingerprint density at radius 2 is 2.00 bits per heavy atom. The number of hydrogen-bond donors (Lipinski definition) is 0. The van der Waals surface area contributed by atoms with Gasteiger partial charge in [0.1, 0.15) is 0 Å². The van der Waals surface area contributed by atoms with Crippen molar-refractivity contribution in [3.8, 4) is 0 Å². The summed E-state index contributed by atoms with van der Waals surface area (Å²) in [5, 5.41) is 0. The molecule has 0 aromatic rings. The van der Waals surface area contributed by atoms with Gasteiger partial charge in [0.15, 0.2) is 0 Å². The van der Waals surface area contributed by atoms with Crippen LogP contribution < -0.4 is 0 Å². The van der Waals surface area contributed by atoms with Crippen LogP contribution in [0.3, 0.4) is 0 Å². The van der Waals surface area contributed by atoms with Crippen LogP contribution in [-0.4, -0.2) is 10.6 Å². The average molecular weight is 395 g/mol. The molecule has 0 saturated heterocycles. The van der Waals surface area contributed by atoms with Gasteiger partial charge in [0, 0.05) is 0 Å². The van der Waals surface area contributed by atoms with Crippen molar-refractivity contribution in [3.63, 3.8) is 0 Å². The summed E-state index contributed by atoms with van der Waals surface area (Å²) in [6, 6.07) is 0. The molecule has 0 N–H and O–H groups in total. The van der Waals surface area contributed by atoms with Gasteiger partial charge < -0.3 is 0 Å². The molecule has 0 radical (unpaired) electrons. The van der Waals surface area contributed by atoms with E-state index in [1.807, 2.05) is 3.28 Å². The summed E-state index contributed by atoms with van der Waals surface area (Å²) in [6.45, 7) is 9.55. The zero-order valence-corrected chi connectivity index (χ0v) is 18.1. The van der Waals surface area contributed by atoms with Gasteiger partial charge in [0.2, 0.25) is 0 Å². The van der Waals surface area contributed by atoms with E-state index in [1.54, 1.807) is 11.1 Å². The van der Waals surface area contributed by atoms with Crippen molar-refractivity contribution in [2.24, 2.45) is 5.92 Å². The molecular weight excluding hydrogens is 368 g/mol. The van der Waals surface area contributed by atoms with Crippen LogP contribution in [0.1, 0.15) is 34.1 Å². The topological polar surface area (TPSA) is 0 Å². The molecule has 2 heteroatoms. The molecular formula is C17H27GeZr. The zero-order valence-electron chi connectivity index (χ0n) is 13.2. The van der Waals surface area contributed by atoms with Crippen LogP contribution in [0, 0.1) is 5.92 Å². The monoisotopic (exact) mass is 395 g/mol. The Kier molecular flexibility index (Phi) is 5.00. The third-order valence-electron chi connectivity index (χ3n) is 4.64. The van der Waals surface area contributed by atoms with Gasteiger partial charge in [-0.15, -0.1) is 0 Å². The maximum absolute atomic E-state index is 2.64. The van der Waals surface area contributed by atoms with E-state index in [-0.39, 0.29) is 0 Å². The minimum atomic E-state index is -1.50. The van der Waals surface area contributed by atoms with E-state index in [0.29, 0.717) is 9.04 Å². The third kappa shape index (κ3) is 3.03. The first kappa shape index (κ1) is 15.8. The van der Waals surface area contributed by atoms with Gasteiger partial charge in [-0.05, 0) is 0 Å². The van der Waals surface area contributed by atoms with Crippen molar-refractivity contribution >= 4 is 10.6 Å². The van der Waals surface area contributed by atoms with Crippen molar-refractivity contribution < 1.29 is 19.2 Å². The standard InChI is InChI=1S/C8H11.C7H9.C2H7Ge.Zr/c1-7(2)8-5-3-4-6-8;1-6-4-3-5-7(6)2;1-3-2;/h5-7H,3H2,1-2H3;3-5H,1-2H3;3H,1-2H3;. The van der Waals surface area contributed by atoms with Gasteiger partial charge >= 0.3 is 129 Å². The summed E-state index contributed by atoms with van der Waals surface area (Å²) in [5.41, 5.74) is 3.24. The van der Waals surface area contributed by atoms with Crippen LogP contribution >= 0.6 is 0 Å². The SMILES string of the molecule is CC1=CC=C[C]1(C)[Zr]([C]1=CC(C(C)C)=CC1)[GeH]([CH3])[CH3]. The van der Waals surface area contributed by atoms with Gasteiger partial charge in [0.05, 0.1) is 0 Å². The Bertz CT molecular complexity index is 479. The van der Waals surface area contributed by atoms with Crippen LogP contribution in [-0.2, 0) is 19.2 Å². The summed E-state index contributed by atoms with van der Waals surface area (Å²) in [5.74, 6) is 5.98. The van der Waals surface area contributed by atoms with Crippen molar-refractivity contribution in [2.75, 3.05) is 0 Å². The summed E-state index contributed by atoms with van der Waals surface area (Å²) < 4.78 is 2.39. The quantitative estimate of drug-likeness (QED) is 0.578. The Labute approximate surface area is 128 Å². The molecule has 1 atom stereocenters. The molecule has 1 unspecified atom stereocenters. The van der Waals surface area contributed by atoms with Crippen LogP contribution in [0.2, 0.25) is 14.6 Å². The van der Waals surface area contributed by atoms with Crippen molar-refractivity contribution in [3.05, 3.63) is 44.8 Å². The van der Waals surface area contributed by atoms with Crippen LogP contribution in [0.15, 0.2) is 44.8 Å². The molecule has 0 fully saturated rings. The average Bonchev–Trinajstić information content (AvgIpc) is 2.88. The van der Waals surface area contributed by atoms with Crippen LogP contribution in [0.4, 0.5) is 0 Å². The van der Waals surface area contributed by atoms with E-state index >= 15 is 0 Å². The number of rotatable bonds is 4. The Hall–Kier alpha value is 0.386. The Balaban J connectivity index is 2.32. The Morgan fingerprint density at radius 1 is 1.32 bits per heavy atom. The number of hydrogen-bond acceptors (Lipinski definition) is 0. The van der Waals surface area contributed by atoms with E-state index in [4.69, 9.17) is 0 Å². The van der Waals surface area contributed by atoms with E-state index < -0.39 is 29.8 Å². The molecule has 2 rings (SSSR count). The third-order valence-corrected chi connectivity index (χ3v) is 40.5. The first-order chi connectivity index (χ1) is 8.86. The molecule has 0 spiro atoms. The van der Waals surface area contributed by atoms with Gasteiger partial charge in [0.25, 0.3) is 0 Å². The molecule has 0 saturated carbocycles. The van der Waals surface area contributed by atoms with Crippen molar-refractivity contribution in [2.45, 2.75) is 48.8 Å². The first-order valence-corrected chi connectivity index (χ1v) is 23.4. The molecule has 0 nitrogen and oxygen atoms in total. The molecule has 2 aliphatic carbocycles. The van der Waals surface area contributed by atoms with Gasteiger partial charge in [-0.3, -0.25) is 0 Å². The maximum atomic E-state index is 2.64. The predicted octanol–water partition coefficient (Wildman–Crippen LogP) is 5.15. The van der Waals surface area contributed by atoms with Gasteiger partial charge in [-0.2, -0.15) is 0 Å². The molecule has 0 amide bonds.